The summed E-state index contributed by atoms with van der Waals surface area (Å²) in [4.78, 5) is 25.0. The first-order chi connectivity index (χ1) is 14.1. The fourth-order valence-electron chi connectivity index (χ4n) is 3.21. The number of carbonyl (C=O) groups excluding carboxylic acids is 2. The van der Waals surface area contributed by atoms with Gasteiger partial charge in [-0.3, -0.25) is 9.59 Å². The van der Waals surface area contributed by atoms with E-state index in [0.717, 1.165) is 11.3 Å². The molecule has 29 heavy (non-hydrogen) atoms. The molecule has 1 aliphatic heterocycles. The molecule has 1 aromatic heterocycles. The molecule has 4 rings (SSSR count). The first-order valence-corrected chi connectivity index (χ1v) is 9.06. The molecule has 3 aromatic rings. The van der Waals surface area contributed by atoms with Gasteiger partial charge in [0.15, 0.2) is 0 Å². The van der Waals surface area contributed by atoms with E-state index >= 15 is 0 Å². The number of hydrogen-bond acceptors (Lipinski definition) is 5. The average molecular weight is 392 g/mol. The van der Waals surface area contributed by atoms with Crippen molar-refractivity contribution in [2.24, 2.45) is 0 Å². The molecule has 2 aromatic carbocycles. The van der Waals surface area contributed by atoms with E-state index in [1.165, 1.54) is 0 Å². The Bertz CT molecular complexity index is 1060. The zero-order valence-electron chi connectivity index (χ0n) is 16.0. The maximum atomic E-state index is 12.9. The molecule has 2 N–H and O–H groups in total. The zero-order valence-corrected chi connectivity index (χ0v) is 16.0. The molecule has 8 nitrogen and oxygen atoms in total. The Kier molecular flexibility index (Phi) is 4.90. The maximum absolute atomic E-state index is 12.9. The van der Waals surface area contributed by atoms with E-state index < -0.39 is 6.04 Å². The van der Waals surface area contributed by atoms with Crippen LogP contribution in [0.3, 0.4) is 0 Å². The number of hydrogen-bond donors (Lipinski definition) is 2. The molecule has 0 bridgehead atoms. The molecule has 0 unspecified atom stereocenters. The lowest BCUT2D eigenvalue weighted by Gasteiger charge is -2.23. The predicted octanol–water partition coefficient (Wildman–Crippen LogP) is 3.09. The van der Waals surface area contributed by atoms with Crippen LogP contribution in [0.5, 0.6) is 11.5 Å². The summed E-state index contributed by atoms with van der Waals surface area (Å²) in [7, 11) is 3.16. The number of nitrogens with zero attached hydrogens (tertiary/aromatic N) is 2. The fraction of sp³-hybridized carbons (Fsp3) is 0.190. The predicted molar refractivity (Wildman–Crippen MR) is 108 cm³/mol. The number of carbonyl (C=O) groups is 2. The number of amides is 2. The quantitative estimate of drug-likeness (QED) is 0.696. The van der Waals surface area contributed by atoms with E-state index in [4.69, 9.17) is 9.47 Å². The second-order valence-corrected chi connectivity index (χ2v) is 6.58. The number of nitrogens with one attached hydrogen (secondary N) is 2. The zero-order chi connectivity index (χ0) is 20.4. The van der Waals surface area contributed by atoms with Crippen molar-refractivity contribution in [3.8, 4) is 22.8 Å². The molecular weight excluding hydrogens is 372 g/mol. The molecule has 0 spiro atoms. The van der Waals surface area contributed by atoms with Crippen LogP contribution >= 0.6 is 0 Å². The Morgan fingerprint density at radius 3 is 2.59 bits per heavy atom. The van der Waals surface area contributed by atoms with Crippen LogP contribution in [0.25, 0.3) is 11.3 Å². The van der Waals surface area contributed by atoms with Gasteiger partial charge >= 0.3 is 0 Å². The number of anilines is 2. The van der Waals surface area contributed by atoms with Crippen LogP contribution in [0.4, 0.5) is 11.5 Å². The summed E-state index contributed by atoms with van der Waals surface area (Å²) in [6.45, 7) is 0. The average Bonchev–Trinajstić information content (AvgIpc) is 3.17. The number of ether oxygens (including phenoxy) is 2. The van der Waals surface area contributed by atoms with Crippen molar-refractivity contribution in [1.29, 1.82) is 0 Å². The van der Waals surface area contributed by atoms with Gasteiger partial charge in [0, 0.05) is 23.4 Å². The Morgan fingerprint density at radius 1 is 1.10 bits per heavy atom. The monoisotopic (exact) mass is 392 g/mol. The molecule has 2 amide bonds. The van der Waals surface area contributed by atoms with Crippen LogP contribution in [0.15, 0.2) is 54.6 Å². The highest BCUT2D eigenvalue weighted by Gasteiger charge is 2.32. The standard InChI is InChI=1S/C21H20N4O4/c1-28-15-8-6-13(7-9-15)17-11-19-23-20(26)12-18(25(19)24-17)21(27)22-14-4-3-5-16(10-14)29-2/h3-11,18H,12H2,1-2H3,(H,22,27)(H,23,26)/t18-/m0/s1. The van der Waals surface area contributed by atoms with Crippen molar-refractivity contribution < 1.29 is 19.1 Å². The molecule has 8 heteroatoms. The lowest BCUT2D eigenvalue weighted by atomic mass is 10.1. The number of fused-ring (bicyclic) bond motifs is 1. The molecular formula is C21H20N4O4. The minimum absolute atomic E-state index is 0.00648. The van der Waals surface area contributed by atoms with Crippen molar-refractivity contribution in [2.45, 2.75) is 12.5 Å². The van der Waals surface area contributed by atoms with Crippen molar-refractivity contribution in [3.05, 3.63) is 54.6 Å². The number of rotatable bonds is 5. The topological polar surface area (TPSA) is 94.5 Å². The summed E-state index contributed by atoms with van der Waals surface area (Å²) in [5, 5.41) is 10.2. The smallest absolute Gasteiger partial charge is 0.249 e. The highest BCUT2D eigenvalue weighted by molar-refractivity contribution is 6.01. The largest absolute Gasteiger partial charge is 0.497 e. The minimum Gasteiger partial charge on any atom is -0.497 e. The number of benzene rings is 2. The first kappa shape index (κ1) is 18.5. The summed E-state index contributed by atoms with van der Waals surface area (Å²) < 4.78 is 11.9. The molecule has 0 saturated carbocycles. The van der Waals surface area contributed by atoms with E-state index in [1.807, 2.05) is 24.3 Å². The number of aromatic nitrogens is 2. The maximum Gasteiger partial charge on any atom is 0.249 e. The molecule has 0 saturated heterocycles. The van der Waals surface area contributed by atoms with E-state index in [2.05, 4.69) is 15.7 Å². The van der Waals surface area contributed by atoms with Crippen LogP contribution in [0.1, 0.15) is 12.5 Å². The minimum atomic E-state index is -0.753. The van der Waals surface area contributed by atoms with Crippen LogP contribution in [0.2, 0.25) is 0 Å². The highest BCUT2D eigenvalue weighted by atomic mass is 16.5. The number of methoxy groups -OCH3 is 2. The van der Waals surface area contributed by atoms with Gasteiger partial charge in [-0.15, -0.1) is 0 Å². The molecule has 1 atom stereocenters. The van der Waals surface area contributed by atoms with Crippen molar-refractivity contribution in [2.75, 3.05) is 24.9 Å². The third-order valence-electron chi connectivity index (χ3n) is 4.70. The second kappa shape index (κ2) is 7.67. The first-order valence-electron chi connectivity index (χ1n) is 9.06. The molecule has 0 fully saturated rings. The Hall–Kier alpha value is -3.81. The van der Waals surface area contributed by atoms with Gasteiger partial charge in [0.25, 0.3) is 0 Å². The lowest BCUT2D eigenvalue weighted by Crippen LogP contribution is -2.35. The van der Waals surface area contributed by atoms with Gasteiger partial charge in [0.05, 0.1) is 26.3 Å². The summed E-state index contributed by atoms with van der Waals surface area (Å²) in [6.07, 6.45) is 0.00648. The highest BCUT2D eigenvalue weighted by Crippen LogP contribution is 2.31. The SMILES string of the molecule is COc1ccc(-c2cc3n(n2)[C@H](C(=O)Nc2cccc(OC)c2)CC(=O)N3)cc1. The molecule has 2 heterocycles. The van der Waals surface area contributed by atoms with Crippen LogP contribution in [0, 0.1) is 0 Å². The van der Waals surface area contributed by atoms with Gasteiger partial charge in [0.1, 0.15) is 23.4 Å². The van der Waals surface area contributed by atoms with Crippen LogP contribution < -0.4 is 20.1 Å². The van der Waals surface area contributed by atoms with Gasteiger partial charge < -0.3 is 20.1 Å². The third-order valence-corrected chi connectivity index (χ3v) is 4.70. The van der Waals surface area contributed by atoms with Crippen molar-refractivity contribution in [1.82, 2.24) is 9.78 Å². The molecule has 0 aliphatic carbocycles. The van der Waals surface area contributed by atoms with E-state index in [1.54, 1.807) is 49.2 Å². The van der Waals surface area contributed by atoms with Crippen molar-refractivity contribution in [3.63, 3.8) is 0 Å². The van der Waals surface area contributed by atoms with Gasteiger partial charge in [-0.25, -0.2) is 4.68 Å². The normalized spacial score (nSPS) is 15.2. The summed E-state index contributed by atoms with van der Waals surface area (Å²) in [6, 6.07) is 15.5. The van der Waals surface area contributed by atoms with Gasteiger partial charge in [-0.05, 0) is 36.4 Å². The Balaban J connectivity index is 1.61. The molecule has 148 valence electrons. The van der Waals surface area contributed by atoms with E-state index in [9.17, 15) is 9.59 Å². The van der Waals surface area contributed by atoms with Gasteiger partial charge in [-0.1, -0.05) is 6.07 Å². The molecule has 1 aliphatic rings. The Labute approximate surface area is 167 Å². The van der Waals surface area contributed by atoms with E-state index in [-0.39, 0.29) is 18.2 Å². The Morgan fingerprint density at radius 2 is 1.86 bits per heavy atom. The van der Waals surface area contributed by atoms with E-state index in [0.29, 0.717) is 22.9 Å². The summed E-state index contributed by atoms with van der Waals surface area (Å²) in [5.74, 6) is 1.30. The summed E-state index contributed by atoms with van der Waals surface area (Å²) in [5.41, 5.74) is 2.10. The van der Waals surface area contributed by atoms with Crippen LogP contribution in [-0.2, 0) is 9.59 Å². The molecule has 0 radical (unpaired) electrons. The second-order valence-electron chi connectivity index (χ2n) is 6.58. The van der Waals surface area contributed by atoms with Gasteiger partial charge in [-0.2, -0.15) is 5.10 Å². The van der Waals surface area contributed by atoms with Gasteiger partial charge in [0.2, 0.25) is 11.8 Å². The van der Waals surface area contributed by atoms with Crippen molar-refractivity contribution >= 4 is 23.3 Å². The lowest BCUT2D eigenvalue weighted by molar-refractivity contribution is -0.125. The van der Waals surface area contributed by atoms with Crippen LogP contribution in [-0.4, -0.2) is 35.8 Å². The summed E-state index contributed by atoms with van der Waals surface area (Å²) >= 11 is 0. The fourth-order valence-corrected chi connectivity index (χ4v) is 3.21. The third kappa shape index (κ3) is 3.77.